The van der Waals surface area contributed by atoms with Crippen LogP contribution in [0, 0.1) is 0 Å². The lowest BCUT2D eigenvalue weighted by molar-refractivity contribution is 0.0708. The molecule has 1 amide bonds. The zero-order valence-corrected chi connectivity index (χ0v) is 15.3. The number of hydrogen-bond acceptors (Lipinski definition) is 5. The van der Waals surface area contributed by atoms with E-state index in [4.69, 9.17) is 13.9 Å². The Labute approximate surface area is 156 Å². The second-order valence-electron chi connectivity index (χ2n) is 6.36. The number of amides is 1. The molecule has 1 atom stereocenters. The van der Waals surface area contributed by atoms with Crippen molar-refractivity contribution >= 4 is 5.91 Å². The third-order valence-corrected chi connectivity index (χ3v) is 4.77. The molecular weight excluding hydrogens is 346 g/mol. The van der Waals surface area contributed by atoms with Crippen molar-refractivity contribution in [3.8, 4) is 17.0 Å². The minimum atomic E-state index is -0.320. The summed E-state index contributed by atoms with van der Waals surface area (Å²) in [7, 11) is 3.28. The number of H-pyrrole nitrogens is 1. The van der Waals surface area contributed by atoms with E-state index in [9.17, 15) is 4.79 Å². The molecule has 1 aliphatic heterocycles. The van der Waals surface area contributed by atoms with Crippen molar-refractivity contribution < 1.29 is 18.7 Å². The number of rotatable bonds is 7. The number of aromatic nitrogens is 2. The van der Waals surface area contributed by atoms with Gasteiger partial charge >= 0.3 is 0 Å². The maximum Gasteiger partial charge on any atom is 0.273 e. The predicted molar refractivity (Wildman–Crippen MR) is 98.7 cm³/mol. The average molecular weight is 367 g/mol. The summed E-state index contributed by atoms with van der Waals surface area (Å²) in [4.78, 5) is 14.8. The molecule has 3 heterocycles. The molecule has 140 valence electrons. The normalized spacial score (nSPS) is 16.0. The molecule has 0 saturated heterocycles. The van der Waals surface area contributed by atoms with Crippen molar-refractivity contribution in [2.45, 2.75) is 12.5 Å². The Balaban J connectivity index is 1.79. The first-order valence-electron chi connectivity index (χ1n) is 8.80. The van der Waals surface area contributed by atoms with Crippen LogP contribution in [-0.2, 0) is 4.74 Å². The molecule has 1 aliphatic rings. The van der Waals surface area contributed by atoms with E-state index in [0.717, 1.165) is 29.0 Å². The van der Waals surface area contributed by atoms with Crippen LogP contribution in [0.1, 0.15) is 34.3 Å². The van der Waals surface area contributed by atoms with Gasteiger partial charge in [0.2, 0.25) is 0 Å². The summed E-state index contributed by atoms with van der Waals surface area (Å²) in [5, 5.41) is 7.36. The Morgan fingerprint density at radius 3 is 2.89 bits per heavy atom. The number of nitrogens with one attached hydrogen (secondary N) is 1. The molecule has 1 N–H and O–H groups in total. The lowest BCUT2D eigenvalue weighted by Gasteiger charge is -2.24. The van der Waals surface area contributed by atoms with Gasteiger partial charge in [0.05, 0.1) is 19.1 Å². The standard InChI is InChI=1S/C20H21N3O4/c1-25-10-5-9-23-19(15-8-4-11-27-15)16-17(21-22-18(16)20(23)24)13-6-3-7-14(12-13)26-2/h3-4,6-8,11-12,19H,5,9-10H2,1-2H3,(H,21,22). The topological polar surface area (TPSA) is 80.6 Å². The molecule has 0 spiro atoms. The zero-order chi connectivity index (χ0) is 18.8. The van der Waals surface area contributed by atoms with Crippen LogP contribution in [0.25, 0.3) is 11.3 Å². The van der Waals surface area contributed by atoms with Gasteiger partial charge in [-0.3, -0.25) is 9.89 Å². The number of methoxy groups -OCH3 is 2. The minimum absolute atomic E-state index is 0.0795. The number of furan rings is 1. The molecule has 0 saturated carbocycles. The molecule has 0 bridgehead atoms. The largest absolute Gasteiger partial charge is 0.497 e. The summed E-state index contributed by atoms with van der Waals surface area (Å²) >= 11 is 0. The van der Waals surface area contributed by atoms with Crippen molar-refractivity contribution in [3.05, 3.63) is 59.7 Å². The highest BCUT2D eigenvalue weighted by Gasteiger charge is 2.43. The summed E-state index contributed by atoms with van der Waals surface area (Å²) in [6.07, 6.45) is 2.36. The fourth-order valence-corrected chi connectivity index (χ4v) is 3.54. The molecule has 3 aromatic rings. The number of aromatic amines is 1. The quantitative estimate of drug-likeness (QED) is 0.648. The van der Waals surface area contributed by atoms with Crippen molar-refractivity contribution in [1.29, 1.82) is 0 Å². The number of carbonyl (C=O) groups is 1. The van der Waals surface area contributed by atoms with Gasteiger partial charge in [-0.1, -0.05) is 12.1 Å². The fraction of sp³-hybridized carbons (Fsp3) is 0.300. The van der Waals surface area contributed by atoms with Crippen LogP contribution in [0.5, 0.6) is 5.75 Å². The van der Waals surface area contributed by atoms with Crippen LogP contribution in [0.15, 0.2) is 47.1 Å². The second-order valence-corrected chi connectivity index (χ2v) is 6.36. The third kappa shape index (κ3) is 3.00. The van der Waals surface area contributed by atoms with Crippen molar-refractivity contribution in [2.24, 2.45) is 0 Å². The maximum atomic E-state index is 13.0. The highest BCUT2D eigenvalue weighted by Crippen LogP contribution is 2.43. The molecule has 7 heteroatoms. The van der Waals surface area contributed by atoms with Gasteiger partial charge in [-0.25, -0.2) is 0 Å². The Bertz CT molecular complexity index is 933. The molecule has 0 fully saturated rings. The summed E-state index contributed by atoms with van der Waals surface area (Å²) in [6, 6.07) is 11.0. The maximum absolute atomic E-state index is 13.0. The number of carbonyl (C=O) groups excluding carboxylic acids is 1. The van der Waals surface area contributed by atoms with Crippen LogP contribution in [-0.4, -0.2) is 48.4 Å². The summed E-state index contributed by atoms with van der Waals surface area (Å²) in [6.45, 7) is 1.15. The van der Waals surface area contributed by atoms with Gasteiger partial charge in [-0.15, -0.1) is 0 Å². The SMILES string of the molecule is COCCCN1C(=O)c2[nH]nc(-c3cccc(OC)c3)c2C1c1ccco1. The van der Waals surface area contributed by atoms with E-state index in [0.29, 0.717) is 24.6 Å². The van der Waals surface area contributed by atoms with Gasteiger partial charge < -0.3 is 18.8 Å². The molecule has 0 aliphatic carbocycles. The first kappa shape index (κ1) is 17.4. The number of hydrogen-bond donors (Lipinski definition) is 1. The first-order valence-corrected chi connectivity index (χ1v) is 8.80. The average Bonchev–Trinajstić information content (AvgIpc) is 3.41. The summed E-state index contributed by atoms with van der Waals surface area (Å²) < 4.78 is 16.1. The Morgan fingerprint density at radius 1 is 1.26 bits per heavy atom. The van der Waals surface area contributed by atoms with E-state index in [-0.39, 0.29) is 11.9 Å². The first-order chi connectivity index (χ1) is 13.2. The Kier molecular flexibility index (Phi) is 4.68. The Morgan fingerprint density at radius 2 is 2.15 bits per heavy atom. The molecule has 27 heavy (non-hydrogen) atoms. The van der Waals surface area contributed by atoms with Crippen LogP contribution < -0.4 is 4.74 Å². The monoisotopic (exact) mass is 367 g/mol. The molecule has 1 aromatic carbocycles. The number of fused-ring (bicyclic) bond motifs is 1. The van der Waals surface area contributed by atoms with E-state index in [1.54, 1.807) is 20.5 Å². The number of benzene rings is 1. The lowest BCUT2D eigenvalue weighted by Crippen LogP contribution is -2.31. The third-order valence-electron chi connectivity index (χ3n) is 4.77. The second kappa shape index (κ2) is 7.28. The van der Waals surface area contributed by atoms with Crippen LogP contribution in [0.4, 0.5) is 0 Å². The van der Waals surface area contributed by atoms with Gasteiger partial charge in [0.1, 0.15) is 23.2 Å². The molecule has 0 radical (unpaired) electrons. The van der Waals surface area contributed by atoms with E-state index in [2.05, 4.69) is 10.2 Å². The Hall–Kier alpha value is -3.06. The van der Waals surface area contributed by atoms with Crippen molar-refractivity contribution in [2.75, 3.05) is 27.4 Å². The van der Waals surface area contributed by atoms with E-state index >= 15 is 0 Å². The number of nitrogens with zero attached hydrogens (tertiary/aromatic N) is 2. The van der Waals surface area contributed by atoms with Crippen molar-refractivity contribution in [3.63, 3.8) is 0 Å². The molecule has 4 rings (SSSR count). The molecular formula is C20H21N3O4. The van der Waals surface area contributed by atoms with Crippen LogP contribution >= 0.6 is 0 Å². The van der Waals surface area contributed by atoms with Gasteiger partial charge in [-0.05, 0) is 30.7 Å². The van der Waals surface area contributed by atoms with E-state index < -0.39 is 0 Å². The summed E-state index contributed by atoms with van der Waals surface area (Å²) in [5.41, 5.74) is 2.95. The van der Waals surface area contributed by atoms with Gasteiger partial charge in [0, 0.05) is 31.4 Å². The number of ether oxygens (including phenoxy) is 2. The van der Waals surface area contributed by atoms with E-state index in [1.165, 1.54) is 0 Å². The molecule has 1 unspecified atom stereocenters. The highest BCUT2D eigenvalue weighted by atomic mass is 16.5. The summed E-state index contributed by atoms with van der Waals surface area (Å²) in [5.74, 6) is 1.37. The molecule has 2 aromatic heterocycles. The predicted octanol–water partition coefficient (Wildman–Crippen LogP) is 3.26. The smallest absolute Gasteiger partial charge is 0.273 e. The van der Waals surface area contributed by atoms with Gasteiger partial charge in [0.15, 0.2) is 0 Å². The van der Waals surface area contributed by atoms with Gasteiger partial charge in [-0.2, -0.15) is 5.10 Å². The van der Waals surface area contributed by atoms with Crippen LogP contribution in [0.3, 0.4) is 0 Å². The highest BCUT2D eigenvalue weighted by molar-refractivity contribution is 6.00. The van der Waals surface area contributed by atoms with Gasteiger partial charge in [0.25, 0.3) is 5.91 Å². The van der Waals surface area contributed by atoms with Crippen molar-refractivity contribution in [1.82, 2.24) is 15.1 Å². The van der Waals surface area contributed by atoms with E-state index in [1.807, 2.05) is 41.3 Å². The minimum Gasteiger partial charge on any atom is -0.497 e. The van der Waals surface area contributed by atoms with Crippen LogP contribution in [0.2, 0.25) is 0 Å². The zero-order valence-electron chi connectivity index (χ0n) is 15.3. The lowest BCUT2D eigenvalue weighted by atomic mass is 10.00. The fourth-order valence-electron chi connectivity index (χ4n) is 3.54. The molecule has 7 nitrogen and oxygen atoms in total.